The molecule has 1 aliphatic rings. The molecule has 2 rings (SSSR count). The van der Waals surface area contributed by atoms with E-state index in [4.69, 9.17) is 0 Å². The Morgan fingerprint density at radius 3 is 2.65 bits per heavy atom. The van der Waals surface area contributed by atoms with Gasteiger partial charge < -0.3 is 20.1 Å². The minimum absolute atomic E-state index is 0.0377. The first kappa shape index (κ1) is 14.2. The normalized spacial score (nSPS) is 15.8. The van der Waals surface area contributed by atoms with E-state index in [1.165, 1.54) is 19.2 Å². The second-order valence-electron chi connectivity index (χ2n) is 4.75. The van der Waals surface area contributed by atoms with Gasteiger partial charge in [-0.3, -0.25) is 4.79 Å². The van der Waals surface area contributed by atoms with E-state index >= 15 is 0 Å². The van der Waals surface area contributed by atoms with Gasteiger partial charge in [-0.15, -0.1) is 0 Å². The Morgan fingerprint density at radius 2 is 2.05 bits per heavy atom. The number of methoxy groups -OCH3 is 1. The van der Waals surface area contributed by atoms with Crippen LogP contribution in [0.1, 0.15) is 23.2 Å². The van der Waals surface area contributed by atoms with E-state index in [2.05, 4.69) is 10.1 Å². The molecule has 0 aromatic heterocycles. The number of likely N-dealkylation sites (tertiary alicyclic amines) is 1. The Bertz CT molecular complexity index is 496. The van der Waals surface area contributed by atoms with E-state index in [-0.39, 0.29) is 17.7 Å². The number of hydrogen-bond donors (Lipinski definition) is 2. The third-order valence-corrected chi connectivity index (χ3v) is 3.38. The number of carbonyl (C=O) groups excluding carboxylic acids is 2. The minimum Gasteiger partial charge on any atom is -0.508 e. The highest BCUT2D eigenvalue weighted by Crippen LogP contribution is 2.17. The van der Waals surface area contributed by atoms with Gasteiger partial charge in [0.2, 0.25) is 0 Å². The Hall–Kier alpha value is -2.24. The summed E-state index contributed by atoms with van der Waals surface area (Å²) in [6, 6.07) is 6.36. The molecule has 108 valence electrons. The Kier molecular flexibility index (Phi) is 4.45. The minimum atomic E-state index is -0.442. The SMILES string of the molecule is COC(=O)NC1CCN(C(=O)c2cccc(O)c2)CC1. The fourth-order valence-electron chi connectivity index (χ4n) is 2.27. The molecule has 0 bridgehead atoms. The van der Waals surface area contributed by atoms with Crippen molar-refractivity contribution < 1.29 is 19.4 Å². The van der Waals surface area contributed by atoms with E-state index in [1.807, 2.05) is 0 Å². The van der Waals surface area contributed by atoms with E-state index in [1.54, 1.807) is 17.0 Å². The van der Waals surface area contributed by atoms with Crippen LogP contribution in [0.25, 0.3) is 0 Å². The zero-order valence-electron chi connectivity index (χ0n) is 11.3. The zero-order chi connectivity index (χ0) is 14.5. The van der Waals surface area contributed by atoms with Crippen molar-refractivity contribution in [3.05, 3.63) is 29.8 Å². The number of piperidine rings is 1. The summed E-state index contributed by atoms with van der Waals surface area (Å²) in [6.07, 6.45) is 0.946. The van der Waals surface area contributed by atoms with Gasteiger partial charge in [0.25, 0.3) is 5.91 Å². The molecule has 2 N–H and O–H groups in total. The summed E-state index contributed by atoms with van der Waals surface area (Å²) in [5, 5.41) is 12.1. The summed E-state index contributed by atoms with van der Waals surface area (Å²) >= 11 is 0. The summed E-state index contributed by atoms with van der Waals surface area (Å²) in [5.41, 5.74) is 0.476. The number of hydrogen-bond acceptors (Lipinski definition) is 4. The molecule has 1 heterocycles. The maximum absolute atomic E-state index is 12.2. The van der Waals surface area contributed by atoms with E-state index in [9.17, 15) is 14.7 Å². The molecule has 6 heteroatoms. The van der Waals surface area contributed by atoms with Crippen molar-refractivity contribution in [2.75, 3.05) is 20.2 Å². The maximum Gasteiger partial charge on any atom is 0.407 e. The highest BCUT2D eigenvalue weighted by Gasteiger charge is 2.24. The first-order chi connectivity index (χ1) is 9.60. The molecule has 0 spiro atoms. The number of nitrogens with zero attached hydrogens (tertiary/aromatic N) is 1. The van der Waals surface area contributed by atoms with Crippen LogP contribution in [-0.2, 0) is 4.74 Å². The molecule has 20 heavy (non-hydrogen) atoms. The van der Waals surface area contributed by atoms with Crippen molar-refractivity contribution in [2.45, 2.75) is 18.9 Å². The fourth-order valence-corrected chi connectivity index (χ4v) is 2.27. The molecule has 0 atom stereocenters. The molecule has 1 saturated heterocycles. The van der Waals surface area contributed by atoms with Crippen LogP contribution in [0, 0.1) is 0 Å². The van der Waals surface area contributed by atoms with Gasteiger partial charge in [-0.2, -0.15) is 0 Å². The molecule has 1 aromatic rings. The van der Waals surface area contributed by atoms with E-state index in [0.717, 1.165) is 0 Å². The van der Waals surface area contributed by atoms with Crippen LogP contribution in [0.2, 0.25) is 0 Å². The van der Waals surface area contributed by atoms with Gasteiger partial charge in [-0.05, 0) is 31.0 Å². The maximum atomic E-state index is 12.2. The summed E-state index contributed by atoms with van der Waals surface area (Å²) in [7, 11) is 1.33. The average molecular weight is 278 g/mol. The predicted octanol–water partition coefficient (Wildman–Crippen LogP) is 1.35. The molecule has 6 nitrogen and oxygen atoms in total. The largest absolute Gasteiger partial charge is 0.508 e. The van der Waals surface area contributed by atoms with Crippen LogP contribution in [0.15, 0.2) is 24.3 Å². The van der Waals surface area contributed by atoms with Gasteiger partial charge >= 0.3 is 6.09 Å². The summed E-state index contributed by atoms with van der Waals surface area (Å²) < 4.78 is 4.55. The third-order valence-electron chi connectivity index (χ3n) is 3.38. The standard InChI is InChI=1S/C14H18N2O4/c1-20-14(19)15-11-5-7-16(8-6-11)13(18)10-3-2-4-12(17)9-10/h2-4,9,11,17H,5-8H2,1H3,(H,15,19). The molecule has 2 amide bonds. The topological polar surface area (TPSA) is 78.9 Å². The lowest BCUT2D eigenvalue weighted by molar-refractivity contribution is 0.0703. The first-order valence-corrected chi connectivity index (χ1v) is 6.53. The smallest absolute Gasteiger partial charge is 0.407 e. The van der Waals surface area contributed by atoms with Crippen molar-refractivity contribution in [1.82, 2.24) is 10.2 Å². The summed E-state index contributed by atoms with van der Waals surface area (Å²) in [6.45, 7) is 1.15. The monoisotopic (exact) mass is 278 g/mol. The average Bonchev–Trinajstić information content (AvgIpc) is 2.47. The molecule has 0 saturated carbocycles. The number of rotatable bonds is 2. The van der Waals surface area contributed by atoms with Crippen LogP contribution in [-0.4, -0.2) is 48.2 Å². The highest BCUT2D eigenvalue weighted by molar-refractivity contribution is 5.94. The lowest BCUT2D eigenvalue weighted by Gasteiger charge is -2.32. The molecule has 0 radical (unpaired) electrons. The van der Waals surface area contributed by atoms with Gasteiger partial charge in [0.15, 0.2) is 0 Å². The number of phenols is 1. The Balaban J connectivity index is 1.90. The van der Waals surface area contributed by atoms with Crippen molar-refractivity contribution >= 4 is 12.0 Å². The number of amides is 2. The zero-order valence-corrected chi connectivity index (χ0v) is 11.3. The summed E-state index contributed by atoms with van der Waals surface area (Å²) in [4.78, 5) is 25.1. The molecule has 0 unspecified atom stereocenters. The van der Waals surface area contributed by atoms with E-state index < -0.39 is 6.09 Å². The lowest BCUT2D eigenvalue weighted by Crippen LogP contribution is -2.46. The number of alkyl carbamates (subject to hydrolysis) is 1. The number of phenolic OH excluding ortho intramolecular Hbond substituents is 1. The second-order valence-corrected chi connectivity index (χ2v) is 4.75. The Morgan fingerprint density at radius 1 is 1.35 bits per heavy atom. The highest BCUT2D eigenvalue weighted by atomic mass is 16.5. The first-order valence-electron chi connectivity index (χ1n) is 6.53. The van der Waals surface area contributed by atoms with Crippen LogP contribution in [0.5, 0.6) is 5.75 Å². The Labute approximate surface area is 117 Å². The van der Waals surface area contributed by atoms with Crippen LogP contribution in [0.4, 0.5) is 4.79 Å². The van der Waals surface area contributed by atoms with Crippen molar-refractivity contribution in [3.8, 4) is 5.75 Å². The number of aromatic hydroxyl groups is 1. The lowest BCUT2D eigenvalue weighted by atomic mass is 10.0. The van der Waals surface area contributed by atoms with Gasteiger partial charge in [-0.25, -0.2) is 4.79 Å². The molecule has 1 aliphatic heterocycles. The number of benzene rings is 1. The van der Waals surface area contributed by atoms with Crippen LogP contribution >= 0.6 is 0 Å². The van der Waals surface area contributed by atoms with Gasteiger partial charge in [0.1, 0.15) is 5.75 Å². The van der Waals surface area contributed by atoms with Crippen LogP contribution < -0.4 is 5.32 Å². The third kappa shape index (κ3) is 3.40. The molecular weight excluding hydrogens is 260 g/mol. The van der Waals surface area contributed by atoms with Crippen molar-refractivity contribution in [3.63, 3.8) is 0 Å². The molecule has 0 aliphatic carbocycles. The number of ether oxygens (including phenoxy) is 1. The van der Waals surface area contributed by atoms with Crippen molar-refractivity contribution in [2.24, 2.45) is 0 Å². The molecule has 1 fully saturated rings. The number of carbonyl (C=O) groups is 2. The summed E-state index contributed by atoms with van der Waals surface area (Å²) in [5.74, 6) is -0.0180. The fraction of sp³-hybridized carbons (Fsp3) is 0.429. The van der Waals surface area contributed by atoms with Crippen LogP contribution in [0.3, 0.4) is 0 Å². The van der Waals surface area contributed by atoms with E-state index in [0.29, 0.717) is 31.5 Å². The second kappa shape index (κ2) is 6.27. The van der Waals surface area contributed by atoms with Gasteiger partial charge in [0.05, 0.1) is 7.11 Å². The van der Waals surface area contributed by atoms with Gasteiger partial charge in [-0.1, -0.05) is 6.07 Å². The quantitative estimate of drug-likeness (QED) is 0.856. The predicted molar refractivity (Wildman–Crippen MR) is 72.6 cm³/mol. The molecule has 1 aromatic carbocycles. The molecular formula is C14H18N2O4. The number of nitrogens with one attached hydrogen (secondary N) is 1. The van der Waals surface area contributed by atoms with Crippen molar-refractivity contribution in [1.29, 1.82) is 0 Å². The van der Waals surface area contributed by atoms with Gasteiger partial charge in [0, 0.05) is 24.7 Å².